The maximum atomic E-state index is 13.9. The highest BCUT2D eigenvalue weighted by Gasteiger charge is 2.35. The van der Waals surface area contributed by atoms with Gasteiger partial charge in [0.15, 0.2) is 0 Å². The molecule has 0 saturated heterocycles. The van der Waals surface area contributed by atoms with E-state index in [2.05, 4.69) is 5.32 Å². The van der Waals surface area contributed by atoms with Gasteiger partial charge in [0, 0.05) is 7.11 Å². The Labute approximate surface area is 236 Å². The number of hydrogen-bond acceptors (Lipinski definition) is 5. The summed E-state index contributed by atoms with van der Waals surface area (Å²) in [5.41, 5.74) is -2.43. The predicted octanol–water partition coefficient (Wildman–Crippen LogP) is 7.57. The van der Waals surface area contributed by atoms with Crippen LogP contribution in [0.4, 0.5) is 31.1 Å². The van der Waals surface area contributed by atoms with Gasteiger partial charge < -0.3 is 24.3 Å². The van der Waals surface area contributed by atoms with E-state index in [1.807, 2.05) is 0 Å². The lowest BCUT2D eigenvalue weighted by Crippen LogP contribution is -2.51. The summed E-state index contributed by atoms with van der Waals surface area (Å²) in [6.07, 6.45) is -8.74. The van der Waals surface area contributed by atoms with Crippen LogP contribution in [-0.2, 0) is 39.4 Å². The molecule has 1 N–H and O–H groups in total. The third-order valence-corrected chi connectivity index (χ3v) is 5.89. The summed E-state index contributed by atoms with van der Waals surface area (Å²) in [5, 5.41) is 2.75. The fourth-order valence-electron chi connectivity index (χ4n) is 3.89. The van der Waals surface area contributed by atoms with Gasteiger partial charge in [-0.25, -0.2) is 4.79 Å². The molecule has 0 aliphatic carbocycles. The molecule has 0 saturated carbocycles. The predicted molar refractivity (Wildman–Crippen MR) is 141 cm³/mol. The van der Waals surface area contributed by atoms with Gasteiger partial charge in [-0.1, -0.05) is 18.2 Å². The van der Waals surface area contributed by atoms with Gasteiger partial charge in [0.25, 0.3) is 0 Å². The monoisotopic (exact) mass is 593 g/mol. The van der Waals surface area contributed by atoms with Gasteiger partial charge in [-0.05, 0) is 88.8 Å². The summed E-state index contributed by atoms with van der Waals surface area (Å²) in [6, 6.07) is 8.38. The quantitative estimate of drug-likeness (QED) is 0.147. The van der Waals surface area contributed by atoms with Crippen LogP contribution in [-0.4, -0.2) is 44.3 Å². The maximum absolute atomic E-state index is 13.9. The highest BCUT2D eigenvalue weighted by Crippen LogP contribution is 2.37. The van der Waals surface area contributed by atoms with Crippen LogP contribution in [0.3, 0.4) is 0 Å². The molecule has 1 unspecified atom stereocenters. The molecule has 0 aromatic heterocycles. The molecular formula is C29H37F6NO5. The largest absolute Gasteiger partial charge is 0.493 e. The molecule has 41 heavy (non-hydrogen) atoms. The van der Waals surface area contributed by atoms with Crippen LogP contribution in [0.1, 0.15) is 62.8 Å². The summed E-state index contributed by atoms with van der Waals surface area (Å²) in [7, 11) is 1.44. The van der Waals surface area contributed by atoms with E-state index < -0.39 is 40.7 Å². The van der Waals surface area contributed by atoms with E-state index in [-0.39, 0.29) is 38.6 Å². The SMILES string of the molecule is COCOCC(C)(CCc1ccc(OCCCc2ccc(C(F)(F)F)cc2)c(C(F)(F)F)c1)NC(=O)OC(C)(C)C. The molecule has 230 valence electrons. The summed E-state index contributed by atoms with van der Waals surface area (Å²) in [6.45, 7) is 6.78. The Morgan fingerprint density at radius 3 is 2.05 bits per heavy atom. The van der Waals surface area contributed by atoms with E-state index in [9.17, 15) is 31.1 Å². The molecular weight excluding hydrogens is 556 g/mol. The number of carbonyl (C=O) groups excluding carboxylic acids is 1. The van der Waals surface area contributed by atoms with Gasteiger partial charge >= 0.3 is 18.4 Å². The summed E-state index contributed by atoms with van der Waals surface area (Å²) < 4.78 is 101. The molecule has 1 amide bonds. The van der Waals surface area contributed by atoms with Crippen LogP contribution in [0.2, 0.25) is 0 Å². The Morgan fingerprint density at radius 1 is 0.854 bits per heavy atom. The van der Waals surface area contributed by atoms with Gasteiger partial charge in [-0.2, -0.15) is 26.3 Å². The number of nitrogens with one attached hydrogen (secondary N) is 1. The van der Waals surface area contributed by atoms with Gasteiger partial charge in [0.1, 0.15) is 18.1 Å². The molecule has 1 atom stereocenters. The number of carbonyl (C=O) groups is 1. The van der Waals surface area contributed by atoms with Gasteiger partial charge in [0.2, 0.25) is 0 Å². The Kier molecular flexibility index (Phi) is 11.9. The van der Waals surface area contributed by atoms with Crippen LogP contribution in [0, 0.1) is 0 Å². The minimum Gasteiger partial charge on any atom is -0.493 e. The number of benzene rings is 2. The molecule has 2 aromatic carbocycles. The first kappa shape index (κ1) is 34.2. The standard InChI is InChI=1S/C29H37F6NO5/c1-26(2,3)41-25(37)36-27(4,18-39-19-38-5)15-14-21-10-13-24(23(17-21)29(33,34)35)40-16-6-7-20-8-11-22(12-9-20)28(30,31)32/h8-13,17H,6-7,14-16,18-19H2,1-5H3,(H,36,37). The minimum atomic E-state index is -4.68. The summed E-state index contributed by atoms with van der Waals surface area (Å²) >= 11 is 0. The van der Waals surface area contributed by atoms with E-state index in [0.717, 1.165) is 18.2 Å². The van der Waals surface area contributed by atoms with Crippen LogP contribution >= 0.6 is 0 Å². The number of aryl methyl sites for hydroxylation is 2. The summed E-state index contributed by atoms with van der Waals surface area (Å²) in [5.74, 6) is -0.341. The normalized spacial score (nSPS) is 13.9. The second-order valence-electron chi connectivity index (χ2n) is 10.9. The number of amides is 1. The first-order valence-electron chi connectivity index (χ1n) is 13.0. The van der Waals surface area contributed by atoms with Crippen LogP contribution in [0.15, 0.2) is 42.5 Å². The van der Waals surface area contributed by atoms with Crippen LogP contribution < -0.4 is 10.1 Å². The zero-order valence-electron chi connectivity index (χ0n) is 23.8. The fourth-order valence-corrected chi connectivity index (χ4v) is 3.89. The molecule has 0 spiro atoms. The topological polar surface area (TPSA) is 66.0 Å². The number of halogens is 6. The van der Waals surface area contributed by atoms with E-state index in [1.165, 1.54) is 31.4 Å². The number of alkyl carbamates (subject to hydrolysis) is 1. The lowest BCUT2D eigenvalue weighted by molar-refractivity contribution is -0.139. The number of ether oxygens (including phenoxy) is 4. The van der Waals surface area contributed by atoms with Crippen molar-refractivity contribution in [2.24, 2.45) is 0 Å². The van der Waals surface area contributed by atoms with Crippen molar-refractivity contribution in [3.8, 4) is 5.75 Å². The smallest absolute Gasteiger partial charge is 0.419 e. The molecule has 0 fully saturated rings. The van der Waals surface area contributed by atoms with Gasteiger partial charge in [0.05, 0.1) is 29.9 Å². The van der Waals surface area contributed by atoms with Crippen molar-refractivity contribution in [1.82, 2.24) is 5.32 Å². The third kappa shape index (κ3) is 12.2. The van der Waals surface area contributed by atoms with Gasteiger partial charge in [-0.15, -0.1) is 0 Å². The zero-order chi connectivity index (χ0) is 30.9. The van der Waals surface area contributed by atoms with E-state index in [0.29, 0.717) is 24.0 Å². The van der Waals surface area contributed by atoms with Crippen molar-refractivity contribution in [3.63, 3.8) is 0 Å². The molecule has 0 aliphatic heterocycles. The van der Waals surface area contributed by atoms with Crippen LogP contribution in [0.5, 0.6) is 5.75 Å². The molecule has 0 radical (unpaired) electrons. The molecule has 12 heteroatoms. The van der Waals surface area contributed by atoms with Gasteiger partial charge in [-0.3, -0.25) is 0 Å². The Morgan fingerprint density at radius 2 is 1.49 bits per heavy atom. The Bertz CT molecular complexity index is 1110. The lowest BCUT2D eigenvalue weighted by atomic mass is 9.93. The Balaban J connectivity index is 2.06. The minimum absolute atomic E-state index is 0.0330. The van der Waals surface area contributed by atoms with E-state index in [4.69, 9.17) is 18.9 Å². The fraction of sp³-hybridized carbons (Fsp3) is 0.552. The highest BCUT2D eigenvalue weighted by molar-refractivity contribution is 5.68. The highest BCUT2D eigenvalue weighted by atomic mass is 19.4. The van der Waals surface area contributed by atoms with Crippen molar-refractivity contribution >= 4 is 6.09 Å². The Hall–Kier alpha value is -2.99. The molecule has 0 bridgehead atoms. The van der Waals surface area contributed by atoms with Crippen molar-refractivity contribution in [2.75, 3.05) is 27.1 Å². The van der Waals surface area contributed by atoms with Crippen molar-refractivity contribution < 1.29 is 50.1 Å². The van der Waals surface area contributed by atoms with E-state index >= 15 is 0 Å². The molecule has 2 aromatic rings. The zero-order valence-corrected chi connectivity index (χ0v) is 23.8. The third-order valence-electron chi connectivity index (χ3n) is 5.89. The second-order valence-corrected chi connectivity index (χ2v) is 10.9. The van der Waals surface area contributed by atoms with Crippen molar-refractivity contribution in [1.29, 1.82) is 0 Å². The number of rotatable bonds is 13. The number of methoxy groups -OCH3 is 1. The molecule has 2 rings (SSSR count). The average molecular weight is 594 g/mol. The van der Waals surface area contributed by atoms with Crippen LogP contribution in [0.25, 0.3) is 0 Å². The first-order chi connectivity index (χ1) is 18.9. The molecule has 0 heterocycles. The lowest BCUT2D eigenvalue weighted by Gasteiger charge is -2.32. The molecule has 6 nitrogen and oxygen atoms in total. The first-order valence-corrected chi connectivity index (χ1v) is 13.0. The average Bonchev–Trinajstić information content (AvgIpc) is 2.84. The van der Waals surface area contributed by atoms with Crippen molar-refractivity contribution in [3.05, 3.63) is 64.7 Å². The maximum Gasteiger partial charge on any atom is 0.419 e. The van der Waals surface area contributed by atoms with E-state index in [1.54, 1.807) is 27.7 Å². The second kappa shape index (κ2) is 14.3. The summed E-state index contributed by atoms with van der Waals surface area (Å²) in [4.78, 5) is 12.4. The van der Waals surface area contributed by atoms with Crippen molar-refractivity contribution in [2.45, 2.75) is 76.9 Å². The number of hydrogen-bond donors (Lipinski definition) is 1. The number of alkyl halides is 6. The molecule has 0 aliphatic rings.